The van der Waals surface area contributed by atoms with Gasteiger partial charge in [0.1, 0.15) is 0 Å². The lowest BCUT2D eigenvalue weighted by atomic mass is 10.2. The van der Waals surface area contributed by atoms with Crippen molar-refractivity contribution in [1.82, 2.24) is 19.9 Å². The molecule has 3 aromatic heterocycles. The SMILES string of the molecule is c1cc2c(cn1)CC(SSc1nc3ccncc3[nH]1)=N2. The van der Waals surface area contributed by atoms with Gasteiger partial charge in [0.2, 0.25) is 0 Å². The van der Waals surface area contributed by atoms with Crippen LogP contribution in [0.15, 0.2) is 47.1 Å². The molecule has 0 saturated carbocycles. The molecule has 0 unspecified atom stereocenters. The fourth-order valence-corrected chi connectivity index (χ4v) is 3.87. The van der Waals surface area contributed by atoms with Crippen LogP contribution in [0.5, 0.6) is 0 Å². The topological polar surface area (TPSA) is 66.8 Å². The van der Waals surface area contributed by atoms with Crippen molar-refractivity contribution in [3.8, 4) is 0 Å². The van der Waals surface area contributed by atoms with Gasteiger partial charge >= 0.3 is 0 Å². The summed E-state index contributed by atoms with van der Waals surface area (Å²) in [6.07, 6.45) is 8.03. The molecule has 0 spiro atoms. The molecule has 0 amide bonds. The monoisotopic (exact) mass is 299 g/mol. The van der Waals surface area contributed by atoms with Gasteiger partial charge in [0, 0.05) is 30.6 Å². The lowest BCUT2D eigenvalue weighted by Gasteiger charge is -1.95. The number of H-pyrrole nitrogens is 1. The van der Waals surface area contributed by atoms with Crippen LogP contribution >= 0.6 is 21.6 Å². The number of fused-ring (bicyclic) bond motifs is 2. The van der Waals surface area contributed by atoms with Gasteiger partial charge in [-0.05, 0) is 33.7 Å². The van der Waals surface area contributed by atoms with Gasteiger partial charge in [-0.1, -0.05) is 0 Å². The number of pyridine rings is 2. The second-order valence-corrected chi connectivity index (χ2v) is 6.48. The molecule has 1 aliphatic rings. The lowest BCUT2D eigenvalue weighted by molar-refractivity contribution is 1.09. The van der Waals surface area contributed by atoms with E-state index in [0.29, 0.717) is 0 Å². The first kappa shape index (κ1) is 11.9. The summed E-state index contributed by atoms with van der Waals surface area (Å²) in [4.78, 5) is 20.5. The van der Waals surface area contributed by atoms with E-state index in [1.54, 1.807) is 40.2 Å². The minimum Gasteiger partial charge on any atom is -0.331 e. The third-order valence-electron chi connectivity index (χ3n) is 2.94. The fraction of sp³-hybridized carbons (Fsp3) is 0.0769. The predicted octanol–water partition coefficient (Wildman–Crippen LogP) is 3.38. The average Bonchev–Trinajstić information content (AvgIpc) is 3.07. The van der Waals surface area contributed by atoms with E-state index in [1.165, 1.54) is 5.56 Å². The van der Waals surface area contributed by atoms with Gasteiger partial charge in [-0.3, -0.25) is 9.97 Å². The van der Waals surface area contributed by atoms with Crippen molar-refractivity contribution >= 4 is 43.4 Å². The van der Waals surface area contributed by atoms with Gasteiger partial charge in [-0.25, -0.2) is 9.98 Å². The third-order valence-corrected chi connectivity index (χ3v) is 5.11. The molecule has 0 saturated heterocycles. The van der Waals surface area contributed by atoms with Crippen LogP contribution in [0.25, 0.3) is 11.0 Å². The summed E-state index contributed by atoms with van der Waals surface area (Å²) < 4.78 is 0. The molecule has 0 aliphatic carbocycles. The van der Waals surface area contributed by atoms with E-state index in [9.17, 15) is 0 Å². The number of rotatable bonds is 2. The molecule has 0 fully saturated rings. The number of hydrogen-bond donors (Lipinski definition) is 1. The van der Waals surface area contributed by atoms with E-state index in [0.717, 1.165) is 33.3 Å². The second-order valence-electron chi connectivity index (χ2n) is 4.29. The molecule has 98 valence electrons. The normalized spacial score (nSPS) is 13.5. The Labute approximate surface area is 122 Å². The van der Waals surface area contributed by atoms with Crippen LogP contribution in [-0.4, -0.2) is 25.0 Å². The molecule has 0 radical (unpaired) electrons. The smallest absolute Gasteiger partial charge is 0.177 e. The van der Waals surface area contributed by atoms with Gasteiger partial charge in [-0.15, -0.1) is 0 Å². The highest BCUT2D eigenvalue weighted by Gasteiger charge is 2.16. The second kappa shape index (κ2) is 4.92. The molecule has 4 rings (SSSR count). The van der Waals surface area contributed by atoms with Crippen LogP contribution in [0.1, 0.15) is 5.56 Å². The van der Waals surface area contributed by atoms with Crippen molar-refractivity contribution in [2.75, 3.05) is 0 Å². The number of nitrogens with zero attached hydrogens (tertiary/aromatic N) is 4. The minimum atomic E-state index is 0.850. The number of hydrogen-bond acceptors (Lipinski definition) is 6. The van der Waals surface area contributed by atoms with Gasteiger partial charge in [-0.2, -0.15) is 0 Å². The summed E-state index contributed by atoms with van der Waals surface area (Å²) in [6, 6.07) is 3.84. The highest BCUT2D eigenvalue weighted by Crippen LogP contribution is 2.37. The Hall–Kier alpha value is -1.86. The molecular formula is C13H9N5S2. The molecule has 1 N–H and O–H groups in total. The van der Waals surface area contributed by atoms with E-state index >= 15 is 0 Å². The zero-order valence-electron chi connectivity index (χ0n) is 10.3. The summed E-state index contributed by atoms with van der Waals surface area (Å²) in [5.74, 6) is 0. The number of aromatic amines is 1. The van der Waals surface area contributed by atoms with Crippen molar-refractivity contribution < 1.29 is 0 Å². The maximum Gasteiger partial charge on any atom is 0.177 e. The summed E-state index contributed by atoms with van der Waals surface area (Å²) in [6.45, 7) is 0. The highest BCUT2D eigenvalue weighted by atomic mass is 33.1. The maximum absolute atomic E-state index is 4.59. The molecule has 0 bridgehead atoms. The van der Waals surface area contributed by atoms with Crippen molar-refractivity contribution in [1.29, 1.82) is 0 Å². The summed E-state index contributed by atoms with van der Waals surface area (Å²) in [7, 11) is 3.22. The molecule has 0 aromatic carbocycles. The molecule has 0 atom stereocenters. The van der Waals surface area contributed by atoms with Gasteiger partial charge in [0.15, 0.2) is 5.16 Å². The maximum atomic E-state index is 4.59. The largest absolute Gasteiger partial charge is 0.331 e. The van der Waals surface area contributed by atoms with Crippen LogP contribution in [0.3, 0.4) is 0 Å². The Kier molecular flexibility index (Phi) is 2.93. The minimum absolute atomic E-state index is 0.850. The van der Waals surface area contributed by atoms with Gasteiger partial charge < -0.3 is 4.98 Å². The summed E-state index contributed by atoms with van der Waals surface area (Å²) >= 11 is 0. The van der Waals surface area contributed by atoms with Gasteiger partial charge in [0.25, 0.3) is 0 Å². The standard InChI is InChI=1S/C13H9N5S2/c1-3-14-6-8-5-12(16-9(1)8)19-20-13-17-10-2-4-15-7-11(10)18-13/h1-4,6-7H,5H2,(H,17,18). The van der Waals surface area contributed by atoms with Crippen molar-refractivity contribution in [3.05, 3.63) is 42.5 Å². The molecule has 20 heavy (non-hydrogen) atoms. The van der Waals surface area contributed by atoms with Crippen LogP contribution < -0.4 is 0 Å². The Morgan fingerprint density at radius 3 is 2.85 bits per heavy atom. The van der Waals surface area contributed by atoms with Crippen LogP contribution in [-0.2, 0) is 6.42 Å². The zero-order chi connectivity index (χ0) is 13.4. The molecule has 5 nitrogen and oxygen atoms in total. The Bertz CT molecular complexity index is 778. The molecule has 3 aromatic rings. The van der Waals surface area contributed by atoms with E-state index in [2.05, 4.69) is 24.9 Å². The average molecular weight is 299 g/mol. The van der Waals surface area contributed by atoms with Crippen LogP contribution in [0.4, 0.5) is 5.69 Å². The Balaban J connectivity index is 1.49. The quantitative estimate of drug-likeness (QED) is 0.735. The summed E-state index contributed by atoms with van der Waals surface area (Å²) in [5, 5.41) is 1.95. The fourth-order valence-electron chi connectivity index (χ4n) is 2.01. The highest BCUT2D eigenvalue weighted by molar-refractivity contribution is 8.82. The first-order valence-electron chi connectivity index (χ1n) is 6.03. The van der Waals surface area contributed by atoms with Crippen LogP contribution in [0, 0.1) is 0 Å². The van der Waals surface area contributed by atoms with Gasteiger partial charge in [0.05, 0.1) is 28.0 Å². The van der Waals surface area contributed by atoms with Crippen LogP contribution in [0.2, 0.25) is 0 Å². The first-order valence-corrected chi connectivity index (χ1v) is 8.18. The molecule has 4 heterocycles. The first-order chi connectivity index (χ1) is 9.88. The van der Waals surface area contributed by atoms with Crippen molar-refractivity contribution in [2.45, 2.75) is 11.6 Å². The number of aromatic nitrogens is 4. The van der Waals surface area contributed by atoms with E-state index < -0.39 is 0 Å². The van der Waals surface area contributed by atoms with Crippen molar-refractivity contribution in [2.24, 2.45) is 4.99 Å². The van der Waals surface area contributed by atoms with E-state index in [4.69, 9.17) is 0 Å². The Morgan fingerprint density at radius 2 is 1.95 bits per heavy atom. The van der Waals surface area contributed by atoms with E-state index in [-0.39, 0.29) is 0 Å². The predicted molar refractivity (Wildman–Crippen MR) is 82.4 cm³/mol. The molecule has 7 heteroatoms. The van der Waals surface area contributed by atoms with Crippen molar-refractivity contribution in [3.63, 3.8) is 0 Å². The third kappa shape index (κ3) is 2.19. The lowest BCUT2D eigenvalue weighted by Crippen LogP contribution is -1.89. The number of imidazole rings is 1. The molecular weight excluding hydrogens is 290 g/mol. The number of aliphatic imine (C=N–C) groups is 1. The molecule has 1 aliphatic heterocycles. The number of nitrogens with one attached hydrogen (secondary N) is 1. The van der Waals surface area contributed by atoms with E-state index in [1.807, 2.05) is 18.3 Å². The zero-order valence-corrected chi connectivity index (χ0v) is 11.9. The Morgan fingerprint density at radius 1 is 1.05 bits per heavy atom. The summed E-state index contributed by atoms with van der Waals surface area (Å²) in [5.41, 5.74) is 4.10.